The molecular weight excluding hydrogens is 280 g/mol. The molecule has 7 heteroatoms. The molecule has 3 rings (SSSR count). The van der Waals surface area contributed by atoms with Gasteiger partial charge in [0.05, 0.1) is 12.9 Å². The number of fused-ring (bicyclic) bond motifs is 1. The highest BCUT2D eigenvalue weighted by atomic mass is 16.6. The van der Waals surface area contributed by atoms with Gasteiger partial charge in [0, 0.05) is 5.39 Å². The fourth-order valence-electron chi connectivity index (χ4n) is 1.99. The molecule has 1 aromatic carbocycles. The fraction of sp³-hybridized carbons (Fsp3) is 0.429. The normalized spacial score (nSPS) is 32.5. The number of furan rings is 1. The lowest BCUT2D eigenvalue weighted by atomic mass is 10.00. The Morgan fingerprint density at radius 2 is 1.62 bits per heavy atom. The first-order valence-corrected chi connectivity index (χ1v) is 6.45. The lowest BCUT2D eigenvalue weighted by molar-refractivity contribution is -0.286. The number of aliphatic hydroxyl groups is 5. The van der Waals surface area contributed by atoms with Crippen LogP contribution in [0, 0.1) is 0 Å². The Labute approximate surface area is 120 Å². The van der Waals surface area contributed by atoms with Crippen molar-refractivity contribution >= 4 is 11.0 Å². The number of rotatable bonds is 1. The molecule has 0 radical (unpaired) electrons. The molecule has 1 aromatic heterocycles. The Morgan fingerprint density at radius 3 is 2.29 bits per heavy atom. The monoisotopic (exact) mass is 298 g/mol. The second-order valence-corrected chi connectivity index (χ2v) is 4.68. The molecule has 116 valence electrons. The van der Waals surface area contributed by atoms with Crippen molar-refractivity contribution in [2.75, 3.05) is 6.61 Å². The summed E-state index contributed by atoms with van der Waals surface area (Å²) >= 11 is 0. The van der Waals surface area contributed by atoms with Crippen LogP contribution in [0.15, 0.2) is 41.0 Å². The van der Waals surface area contributed by atoms with Gasteiger partial charge in [0.1, 0.15) is 30.0 Å². The molecule has 0 amide bonds. The van der Waals surface area contributed by atoms with Crippen molar-refractivity contribution in [1.82, 2.24) is 0 Å². The maximum Gasteiger partial charge on any atom is 0.184 e. The molecule has 1 aliphatic rings. The smallest absolute Gasteiger partial charge is 0.184 e. The summed E-state index contributed by atoms with van der Waals surface area (Å²) < 4.78 is 9.69. The molecule has 1 saturated heterocycles. The van der Waals surface area contributed by atoms with Crippen molar-refractivity contribution in [2.45, 2.75) is 30.7 Å². The zero-order chi connectivity index (χ0) is 15.4. The van der Waals surface area contributed by atoms with E-state index in [1.54, 1.807) is 6.26 Å². The topological polar surface area (TPSA) is 124 Å². The highest BCUT2D eigenvalue weighted by molar-refractivity contribution is 5.76. The zero-order valence-electron chi connectivity index (χ0n) is 11.1. The highest BCUT2D eigenvalue weighted by Gasteiger charge is 2.42. The summed E-state index contributed by atoms with van der Waals surface area (Å²) in [5, 5.41) is 45.8. The Kier molecular flexibility index (Phi) is 5.29. The van der Waals surface area contributed by atoms with Gasteiger partial charge in [-0.3, -0.25) is 0 Å². The lowest BCUT2D eigenvalue weighted by Crippen LogP contribution is -2.58. The van der Waals surface area contributed by atoms with Crippen molar-refractivity contribution < 1.29 is 34.7 Å². The van der Waals surface area contributed by atoms with E-state index >= 15 is 0 Å². The van der Waals surface area contributed by atoms with E-state index < -0.39 is 37.3 Å². The number of hydrogen-bond donors (Lipinski definition) is 5. The van der Waals surface area contributed by atoms with Gasteiger partial charge >= 0.3 is 0 Å². The number of ether oxygens (including phenoxy) is 1. The zero-order valence-corrected chi connectivity index (χ0v) is 11.1. The van der Waals surface area contributed by atoms with E-state index in [0.717, 1.165) is 11.0 Å². The molecule has 1 fully saturated rings. The van der Waals surface area contributed by atoms with Crippen LogP contribution in [0.3, 0.4) is 0 Å². The van der Waals surface area contributed by atoms with Crippen molar-refractivity contribution in [1.29, 1.82) is 0 Å². The van der Waals surface area contributed by atoms with Crippen LogP contribution < -0.4 is 0 Å². The van der Waals surface area contributed by atoms with Gasteiger partial charge in [0.15, 0.2) is 6.29 Å². The SMILES string of the molecule is OC[C@H]1OC(O)[C@H](O)[C@@H](O)[C@@H]1O.c1ccc2occc2c1. The minimum absolute atomic E-state index is 0.526. The van der Waals surface area contributed by atoms with E-state index in [0.29, 0.717) is 0 Å². The Bertz CT molecular complexity index is 520. The third kappa shape index (κ3) is 3.59. The minimum atomic E-state index is -1.57. The van der Waals surface area contributed by atoms with Gasteiger partial charge in [-0.05, 0) is 12.1 Å². The van der Waals surface area contributed by atoms with Crippen LogP contribution in [0.5, 0.6) is 0 Å². The summed E-state index contributed by atoms with van der Waals surface area (Å²) in [6, 6.07) is 9.90. The average Bonchev–Trinajstić information content (AvgIpc) is 2.98. The summed E-state index contributed by atoms with van der Waals surface area (Å²) in [5.74, 6) is 0. The average molecular weight is 298 g/mol. The highest BCUT2D eigenvalue weighted by Crippen LogP contribution is 2.19. The third-order valence-electron chi connectivity index (χ3n) is 3.23. The Hall–Kier alpha value is -1.48. The van der Waals surface area contributed by atoms with Crippen LogP contribution >= 0.6 is 0 Å². The first-order valence-electron chi connectivity index (χ1n) is 6.45. The van der Waals surface area contributed by atoms with Gasteiger partial charge in [-0.15, -0.1) is 0 Å². The summed E-state index contributed by atoms with van der Waals surface area (Å²) in [4.78, 5) is 0. The first kappa shape index (κ1) is 15.9. The maximum atomic E-state index is 9.12. The number of aliphatic hydroxyl groups excluding tert-OH is 5. The van der Waals surface area contributed by atoms with Crippen LogP contribution in [0.4, 0.5) is 0 Å². The minimum Gasteiger partial charge on any atom is -0.464 e. The molecule has 7 nitrogen and oxygen atoms in total. The number of para-hydroxylation sites is 1. The summed E-state index contributed by atoms with van der Waals surface area (Å²) in [5.41, 5.74) is 0.956. The molecule has 0 aliphatic carbocycles. The van der Waals surface area contributed by atoms with Gasteiger partial charge in [-0.1, -0.05) is 18.2 Å². The number of benzene rings is 1. The quantitative estimate of drug-likeness (QED) is 0.467. The predicted octanol–water partition coefficient (Wildman–Crippen LogP) is -0.789. The molecule has 0 spiro atoms. The second-order valence-electron chi connectivity index (χ2n) is 4.68. The Balaban J connectivity index is 0.000000159. The molecule has 1 aliphatic heterocycles. The van der Waals surface area contributed by atoms with E-state index in [-0.39, 0.29) is 0 Å². The van der Waals surface area contributed by atoms with Crippen LogP contribution in [0.2, 0.25) is 0 Å². The van der Waals surface area contributed by atoms with Crippen LogP contribution in [-0.4, -0.2) is 62.8 Å². The molecule has 0 saturated carbocycles. The summed E-state index contributed by atoms with van der Waals surface area (Å²) in [6.07, 6.45) is -5.34. The molecule has 5 N–H and O–H groups in total. The van der Waals surface area contributed by atoms with Crippen molar-refractivity contribution in [2.24, 2.45) is 0 Å². The lowest BCUT2D eigenvalue weighted by Gasteiger charge is -2.37. The van der Waals surface area contributed by atoms with E-state index in [1.165, 1.54) is 0 Å². The van der Waals surface area contributed by atoms with E-state index in [9.17, 15) is 0 Å². The third-order valence-corrected chi connectivity index (χ3v) is 3.23. The van der Waals surface area contributed by atoms with Crippen LogP contribution in [0.1, 0.15) is 0 Å². The summed E-state index contributed by atoms with van der Waals surface area (Å²) in [6.45, 7) is -0.526. The predicted molar refractivity (Wildman–Crippen MR) is 72.2 cm³/mol. The standard InChI is InChI=1S/C8H6O.C6H12O6/c1-2-4-8-7(3-1)5-6-9-8;7-1-2-3(8)4(9)5(10)6(11)12-2/h1-6H;2-11H,1H2/t;2-,3-,4+,5-,6?/m.1/s1. The van der Waals surface area contributed by atoms with Gasteiger partial charge in [-0.25, -0.2) is 0 Å². The van der Waals surface area contributed by atoms with E-state index in [1.807, 2.05) is 30.3 Å². The van der Waals surface area contributed by atoms with E-state index in [4.69, 9.17) is 29.9 Å². The van der Waals surface area contributed by atoms with Crippen LogP contribution in [-0.2, 0) is 4.74 Å². The molecule has 2 aromatic rings. The fourth-order valence-corrected chi connectivity index (χ4v) is 1.99. The molecule has 1 unspecified atom stereocenters. The van der Waals surface area contributed by atoms with Gasteiger partial charge < -0.3 is 34.7 Å². The molecule has 0 bridgehead atoms. The van der Waals surface area contributed by atoms with Crippen molar-refractivity contribution in [3.05, 3.63) is 36.6 Å². The molecule has 2 heterocycles. The summed E-state index contributed by atoms with van der Waals surface area (Å²) in [7, 11) is 0. The maximum absolute atomic E-state index is 9.12. The van der Waals surface area contributed by atoms with Crippen molar-refractivity contribution in [3.8, 4) is 0 Å². The van der Waals surface area contributed by atoms with Gasteiger partial charge in [-0.2, -0.15) is 0 Å². The second kappa shape index (κ2) is 6.99. The number of hydrogen-bond acceptors (Lipinski definition) is 7. The molecule has 21 heavy (non-hydrogen) atoms. The first-order chi connectivity index (χ1) is 10.0. The molecular formula is C14H18O7. The van der Waals surface area contributed by atoms with Gasteiger partial charge in [0.2, 0.25) is 0 Å². The van der Waals surface area contributed by atoms with Crippen molar-refractivity contribution in [3.63, 3.8) is 0 Å². The Morgan fingerprint density at radius 1 is 0.905 bits per heavy atom. The molecule has 5 atom stereocenters. The van der Waals surface area contributed by atoms with E-state index in [2.05, 4.69) is 4.74 Å². The van der Waals surface area contributed by atoms with Crippen LogP contribution in [0.25, 0.3) is 11.0 Å². The van der Waals surface area contributed by atoms with Gasteiger partial charge in [0.25, 0.3) is 0 Å². The largest absolute Gasteiger partial charge is 0.464 e.